The number of hydrogen-bond donors (Lipinski definition) is 0. The van der Waals surface area contributed by atoms with Gasteiger partial charge in [0.15, 0.2) is 11.6 Å². The molecule has 1 aromatic heterocycles. The second-order valence-electron chi connectivity index (χ2n) is 3.46. The zero-order valence-electron chi connectivity index (χ0n) is 9.76. The molecule has 18 heavy (non-hydrogen) atoms. The minimum atomic E-state index is -0.349. The summed E-state index contributed by atoms with van der Waals surface area (Å²) in [6, 6.07) is 6.00. The van der Waals surface area contributed by atoms with Crippen LogP contribution in [0.15, 0.2) is 29.4 Å². The Morgan fingerprint density at radius 1 is 1.50 bits per heavy atom. The Hall–Kier alpha value is -1.95. The molecule has 0 atom stereocenters. The quantitative estimate of drug-likeness (QED) is 0.633. The number of halogens is 2. The molecule has 0 amide bonds. The molecule has 0 unspecified atom stereocenters. The topological polar surface area (TPSA) is 52.3 Å². The van der Waals surface area contributed by atoms with Crippen LogP contribution in [0.25, 0.3) is 11.4 Å². The van der Waals surface area contributed by atoms with Crippen molar-refractivity contribution < 1.29 is 9.23 Å². The fraction of sp³-hybridized carbons (Fsp3) is 0.182. The Kier molecular flexibility index (Phi) is 3.57. The number of hydrogen-bond acceptors (Lipinski definition) is 4. The minimum Gasteiger partial charge on any atom is -0.398 e. The molecular weight excluding hydrogens is 259 g/mol. The van der Waals surface area contributed by atoms with E-state index in [4.69, 9.17) is 11.6 Å². The fourth-order valence-corrected chi connectivity index (χ4v) is 1.67. The number of aryl methyl sites for hydroxylation is 1. The molecule has 0 aliphatic rings. The van der Waals surface area contributed by atoms with Gasteiger partial charge in [0.05, 0.1) is 0 Å². The molecule has 0 fully saturated rings. The molecule has 1 aromatic carbocycles. The lowest BCUT2D eigenvalue weighted by molar-refractivity contribution is 0.214. The van der Waals surface area contributed by atoms with Crippen molar-refractivity contribution >= 4 is 16.8 Å². The van der Waals surface area contributed by atoms with Gasteiger partial charge in [-0.05, 0) is 12.1 Å². The van der Waals surface area contributed by atoms with Gasteiger partial charge < -0.3 is 4.84 Å². The SMILES string of the molecule is CON=C(Cl)c1nc(-c2cccc(F)c2)nn1C. The van der Waals surface area contributed by atoms with E-state index in [-0.39, 0.29) is 11.0 Å². The molecule has 2 rings (SSSR count). The van der Waals surface area contributed by atoms with Gasteiger partial charge in [-0.1, -0.05) is 28.9 Å². The number of benzene rings is 1. The molecule has 0 N–H and O–H groups in total. The first-order valence-electron chi connectivity index (χ1n) is 5.06. The van der Waals surface area contributed by atoms with E-state index < -0.39 is 0 Å². The maximum atomic E-state index is 13.1. The average molecular weight is 269 g/mol. The summed E-state index contributed by atoms with van der Waals surface area (Å²) in [5.41, 5.74) is 0.568. The van der Waals surface area contributed by atoms with Crippen LogP contribution in [0.2, 0.25) is 0 Å². The van der Waals surface area contributed by atoms with E-state index in [0.29, 0.717) is 17.2 Å². The zero-order chi connectivity index (χ0) is 13.1. The molecule has 94 valence electrons. The Balaban J connectivity index is 2.43. The van der Waals surface area contributed by atoms with Crippen molar-refractivity contribution in [2.45, 2.75) is 0 Å². The molecule has 0 spiro atoms. The van der Waals surface area contributed by atoms with E-state index in [1.807, 2.05) is 0 Å². The molecular formula is C11H10ClFN4O. The first kappa shape index (κ1) is 12.5. The molecule has 2 aromatic rings. The molecule has 1 heterocycles. The van der Waals surface area contributed by atoms with E-state index in [2.05, 4.69) is 20.1 Å². The third kappa shape index (κ3) is 2.48. The molecule has 0 aliphatic heterocycles. The van der Waals surface area contributed by atoms with Gasteiger partial charge in [-0.25, -0.2) is 14.1 Å². The summed E-state index contributed by atoms with van der Waals surface area (Å²) in [7, 11) is 3.05. The number of aromatic nitrogens is 3. The zero-order valence-corrected chi connectivity index (χ0v) is 10.5. The summed E-state index contributed by atoms with van der Waals surface area (Å²) in [6.07, 6.45) is 0. The lowest BCUT2D eigenvalue weighted by Crippen LogP contribution is -2.03. The van der Waals surface area contributed by atoms with Gasteiger partial charge in [-0.2, -0.15) is 5.10 Å². The van der Waals surface area contributed by atoms with Crippen molar-refractivity contribution in [3.05, 3.63) is 35.9 Å². The average Bonchev–Trinajstić information content (AvgIpc) is 2.72. The van der Waals surface area contributed by atoms with Crippen LogP contribution in [0, 0.1) is 5.82 Å². The maximum absolute atomic E-state index is 13.1. The minimum absolute atomic E-state index is 0.0788. The van der Waals surface area contributed by atoms with Gasteiger partial charge in [0.2, 0.25) is 5.17 Å². The standard InChI is InChI=1S/C11H10ClFN4O/c1-17-11(9(12)16-18-2)14-10(15-17)7-4-3-5-8(13)6-7/h3-6H,1-2H3. The molecule has 0 saturated heterocycles. The van der Waals surface area contributed by atoms with Crippen LogP contribution in [0.3, 0.4) is 0 Å². The highest BCUT2D eigenvalue weighted by Gasteiger charge is 2.13. The van der Waals surface area contributed by atoms with Gasteiger partial charge in [0.25, 0.3) is 0 Å². The lowest BCUT2D eigenvalue weighted by atomic mass is 10.2. The monoisotopic (exact) mass is 268 g/mol. The van der Waals surface area contributed by atoms with Crippen LogP contribution in [0.4, 0.5) is 4.39 Å². The Labute approximate surface area is 108 Å². The Morgan fingerprint density at radius 2 is 2.28 bits per heavy atom. The molecule has 0 aliphatic carbocycles. The smallest absolute Gasteiger partial charge is 0.212 e. The number of nitrogens with zero attached hydrogens (tertiary/aromatic N) is 4. The van der Waals surface area contributed by atoms with Crippen LogP contribution < -0.4 is 0 Å². The predicted molar refractivity (Wildman–Crippen MR) is 65.8 cm³/mol. The summed E-state index contributed by atoms with van der Waals surface area (Å²) < 4.78 is 14.6. The summed E-state index contributed by atoms with van der Waals surface area (Å²) in [5, 5.41) is 7.79. The second-order valence-corrected chi connectivity index (χ2v) is 3.82. The predicted octanol–water partition coefficient (Wildman–Crippen LogP) is 2.17. The summed E-state index contributed by atoms with van der Waals surface area (Å²) in [6.45, 7) is 0. The molecule has 7 heteroatoms. The maximum Gasteiger partial charge on any atom is 0.212 e. The van der Waals surface area contributed by atoms with Crippen molar-refractivity contribution in [3.63, 3.8) is 0 Å². The van der Waals surface area contributed by atoms with E-state index in [1.165, 1.54) is 23.9 Å². The third-order valence-electron chi connectivity index (χ3n) is 2.20. The Morgan fingerprint density at radius 3 is 2.94 bits per heavy atom. The van der Waals surface area contributed by atoms with Crippen LogP contribution in [-0.4, -0.2) is 27.0 Å². The highest BCUT2D eigenvalue weighted by Crippen LogP contribution is 2.17. The second kappa shape index (κ2) is 5.14. The van der Waals surface area contributed by atoms with Crippen LogP contribution in [-0.2, 0) is 11.9 Å². The van der Waals surface area contributed by atoms with Gasteiger partial charge in [-0.15, -0.1) is 0 Å². The molecule has 0 bridgehead atoms. The van der Waals surface area contributed by atoms with Crippen LogP contribution >= 0.6 is 11.6 Å². The number of rotatable bonds is 3. The molecule has 0 radical (unpaired) electrons. The van der Waals surface area contributed by atoms with Gasteiger partial charge >= 0.3 is 0 Å². The largest absolute Gasteiger partial charge is 0.398 e. The molecule has 5 nitrogen and oxygen atoms in total. The van der Waals surface area contributed by atoms with Gasteiger partial charge in [0, 0.05) is 12.6 Å². The normalized spacial score (nSPS) is 11.7. The van der Waals surface area contributed by atoms with E-state index >= 15 is 0 Å². The van der Waals surface area contributed by atoms with E-state index in [0.717, 1.165) is 0 Å². The van der Waals surface area contributed by atoms with Crippen molar-refractivity contribution in [1.29, 1.82) is 0 Å². The first-order chi connectivity index (χ1) is 8.61. The third-order valence-corrected chi connectivity index (χ3v) is 2.44. The summed E-state index contributed by atoms with van der Waals surface area (Å²) in [4.78, 5) is 8.74. The summed E-state index contributed by atoms with van der Waals surface area (Å²) in [5.74, 6) is 0.368. The van der Waals surface area contributed by atoms with Crippen LogP contribution in [0.5, 0.6) is 0 Å². The highest BCUT2D eigenvalue weighted by molar-refractivity contribution is 6.69. The lowest BCUT2D eigenvalue weighted by Gasteiger charge is -1.94. The van der Waals surface area contributed by atoms with Gasteiger partial charge in [0.1, 0.15) is 12.9 Å². The van der Waals surface area contributed by atoms with Crippen molar-refractivity contribution in [2.75, 3.05) is 7.11 Å². The van der Waals surface area contributed by atoms with Gasteiger partial charge in [-0.3, -0.25) is 0 Å². The highest BCUT2D eigenvalue weighted by atomic mass is 35.5. The first-order valence-corrected chi connectivity index (χ1v) is 5.43. The van der Waals surface area contributed by atoms with Crippen molar-refractivity contribution in [1.82, 2.24) is 14.8 Å². The van der Waals surface area contributed by atoms with Crippen LogP contribution in [0.1, 0.15) is 5.82 Å². The summed E-state index contributed by atoms with van der Waals surface area (Å²) >= 11 is 5.87. The van der Waals surface area contributed by atoms with Crippen molar-refractivity contribution in [2.24, 2.45) is 12.2 Å². The molecule has 0 saturated carbocycles. The fourth-order valence-electron chi connectivity index (χ4n) is 1.43. The Bertz CT molecular complexity index is 596. The number of oxime groups is 1. The van der Waals surface area contributed by atoms with E-state index in [1.54, 1.807) is 19.2 Å². The van der Waals surface area contributed by atoms with E-state index in [9.17, 15) is 4.39 Å². The van der Waals surface area contributed by atoms with Crippen molar-refractivity contribution in [3.8, 4) is 11.4 Å².